The van der Waals surface area contributed by atoms with Gasteiger partial charge in [0.25, 0.3) is 5.91 Å². The third-order valence-corrected chi connectivity index (χ3v) is 4.48. The summed E-state index contributed by atoms with van der Waals surface area (Å²) in [6, 6.07) is 13.4. The number of hydrogen-bond donors (Lipinski definition) is 1. The van der Waals surface area contributed by atoms with Crippen LogP contribution in [0.15, 0.2) is 53.1 Å². The molecule has 0 fully saturated rings. The lowest BCUT2D eigenvalue weighted by molar-refractivity contribution is 0.102. The lowest BCUT2D eigenvalue weighted by Gasteiger charge is -2.10. The van der Waals surface area contributed by atoms with Crippen molar-refractivity contribution in [3.8, 4) is 5.82 Å². The van der Waals surface area contributed by atoms with Gasteiger partial charge in [-0.3, -0.25) is 4.79 Å². The number of nitrogens with one attached hydrogen (secondary N) is 1. The fraction of sp³-hybridized carbons (Fsp3) is 0.158. The largest absolute Gasteiger partial charge is 0.322 e. The van der Waals surface area contributed by atoms with Gasteiger partial charge in [0.05, 0.1) is 5.56 Å². The van der Waals surface area contributed by atoms with Crippen LogP contribution in [0.4, 0.5) is 5.69 Å². The van der Waals surface area contributed by atoms with E-state index < -0.39 is 0 Å². The molecule has 3 aromatic rings. The van der Waals surface area contributed by atoms with E-state index in [9.17, 15) is 4.79 Å². The summed E-state index contributed by atoms with van der Waals surface area (Å²) in [5.41, 5.74) is 4.32. The molecule has 1 aromatic carbocycles. The van der Waals surface area contributed by atoms with Crippen LogP contribution in [0.2, 0.25) is 0 Å². The van der Waals surface area contributed by atoms with E-state index in [4.69, 9.17) is 0 Å². The molecule has 5 heteroatoms. The average molecular weight is 384 g/mol. The van der Waals surface area contributed by atoms with E-state index in [0.29, 0.717) is 5.56 Å². The molecule has 2 aromatic heterocycles. The van der Waals surface area contributed by atoms with Crippen molar-refractivity contribution in [3.05, 3.63) is 75.6 Å². The second-order valence-corrected chi connectivity index (χ2v) is 6.64. The smallest absolute Gasteiger partial charge is 0.257 e. The second kappa shape index (κ2) is 6.61. The van der Waals surface area contributed by atoms with Gasteiger partial charge in [0.2, 0.25) is 0 Å². The number of aromatic nitrogens is 2. The van der Waals surface area contributed by atoms with Crippen molar-refractivity contribution in [3.63, 3.8) is 0 Å². The molecule has 0 aliphatic heterocycles. The van der Waals surface area contributed by atoms with Crippen LogP contribution >= 0.6 is 15.9 Å². The fourth-order valence-electron chi connectivity index (χ4n) is 2.79. The van der Waals surface area contributed by atoms with Crippen molar-refractivity contribution in [2.75, 3.05) is 5.32 Å². The lowest BCUT2D eigenvalue weighted by Crippen LogP contribution is -2.14. The summed E-state index contributed by atoms with van der Waals surface area (Å²) in [7, 11) is 0. The Balaban J connectivity index is 1.94. The summed E-state index contributed by atoms with van der Waals surface area (Å²) in [4.78, 5) is 17.1. The summed E-state index contributed by atoms with van der Waals surface area (Å²) < 4.78 is 2.98. The summed E-state index contributed by atoms with van der Waals surface area (Å²) in [6.45, 7) is 5.88. The van der Waals surface area contributed by atoms with Gasteiger partial charge in [0.15, 0.2) is 0 Å². The van der Waals surface area contributed by atoms with Crippen molar-refractivity contribution in [1.82, 2.24) is 9.55 Å². The van der Waals surface area contributed by atoms with Crippen molar-refractivity contribution < 1.29 is 4.79 Å². The molecule has 0 atom stereocenters. The van der Waals surface area contributed by atoms with E-state index in [-0.39, 0.29) is 5.91 Å². The number of aryl methyl sites for hydroxylation is 2. The monoisotopic (exact) mass is 383 g/mol. The van der Waals surface area contributed by atoms with E-state index in [1.807, 2.05) is 67.8 Å². The van der Waals surface area contributed by atoms with Gasteiger partial charge in [-0.1, -0.05) is 22.0 Å². The number of carbonyl (C=O) groups excluding carboxylic acids is 1. The Morgan fingerprint density at radius 2 is 1.92 bits per heavy atom. The molecular formula is C19H18BrN3O. The second-order valence-electron chi connectivity index (χ2n) is 5.72. The normalized spacial score (nSPS) is 10.7. The van der Waals surface area contributed by atoms with Crippen LogP contribution in [-0.2, 0) is 0 Å². The van der Waals surface area contributed by atoms with E-state index in [0.717, 1.165) is 32.9 Å². The summed E-state index contributed by atoms with van der Waals surface area (Å²) in [6.07, 6.45) is 1.75. The zero-order valence-corrected chi connectivity index (χ0v) is 15.4. The number of amides is 1. The molecule has 0 bridgehead atoms. The number of pyridine rings is 1. The molecule has 2 heterocycles. The van der Waals surface area contributed by atoms with Crippen molar-refractivity contribution in [1.29, 1.82) is 0 Å². The molecule has 0 aliphatic rings. The van der Waals surface area contributed by atoms with Gasteiger partial charge in [-0.2, -0.15) is 0 Å². The van der Waals surface area contributed by atoms with E-state index in [2.05, 4.69) is 26.2 Å². The van der Waals surface area contributed by atoms with Crippen LogP contribution in [0.25, 0.3) is 5.82 Å². The van der Waals surface area contributed by atoms with Gasteiger partial charge >= 0.3 is 0 Å². The van der Waals surface area contributed by atoms with Crippen molar-refractivity contribution >= 4 is 27.5 Å². The average Bonchev–Trinajstić information content (AvgIpc) is 2.85. The zero-order chi connectivity index (χ0) is 17.3. The van der Waals surface area contributed by atoms with Gasteiger partial charge in [-0.25, -0.2) is 4.98 Å². The van der Waals surface area contributed by atoms with Crippen LogP contribution in [0.1, 0.15) is 27.3 Å². The molecule has 3 rings (SSSR count). The molecule has 0 spiro atoms. The van der Waals surface area contributed by atoms with E-state index >= 15 is 0 Å². The molecule has 0 aliphatic carbocycles. The van der Waals surface area contributed by atoms with Crippen molar-refractivity contribution in [2.45, 2.75) is 20.8 Å². The van der Waals surface area contributed by atoms with Crippen LogP contribution in [0.5, 0.6) is 0 Å². The highest BCUT2D eigenvalue weighted by Gasteiger charge is 2.17. The lowest BCUT2D eigenvalue weighted by atomic mass is 10.2. The standard InChI is InChI=1S/C19H18BrN3O/c1-12-10-15(20)7-8-17(12)22-19(24)16-11-13(2)23(14(16)3)18-6-4-5-9-21-18/h4-11H,1-3H3,(H,22,24). The predicted molar refractivity (Wildman–Crippen MR) is 99.9 cm³/mol. The van der Waals surface area contributed by atoms with Crippen LogP contribution in [-0.4, -0.2) is 15.5 Å². The highest BCUT2D eigenvalue weighted by atomic mass is 79.9. The van der Waals surface area contributed by atoms with Crippen molar-refractivity contribution in [2.24, 2.45) is 0 Å². The Morgan fingerprint density at radius 3 is 2.58 bits per heavy atom. The number of anilines is 1. The molecule has 24 heavy (non-hydrogen) atoms. The molecular weight excluding hydrogens is 366 g/mol. The van der Waals surface area contributed by atoms with Gasteiger partial charge in [-0.15, -0.1) is 0 Å². The van der Waals surface area contributed by atoms with Crippen LogP contribution in [0.3, 0.4) is 0 Å². The molecule has 122 valence electrons. The van der Waals surface area contributed by atoms with E-state index in [1.54, 1.807) is 6.20 Å². The van der Waals surface area contributed by atoms with Gasteiger partial charge in [0, 0.05) is 27.7 Å². The minimum atomic E-state index is -0.115. The maximum absolute atomic E-state index is 12.7. The molecule has 4 nitrogen and oxygen atoms in total. The van der Waals surface area contributed by atoms with Gasteiger partial charge in [-0.05, 0) is 62.7 Å². The Labute approximate surface area is 149 Å². The molecule has 0 radical (unpaired) electrons. The summed E-state index contributed by atoms with van der Waals surface area (Å²) in [5.74, 6) is 0.696. The summed E-state index contributed by atoms with van der Waals surface area (Å²) in [5, 5.41) is 2.99. The third kappa shape index (κ3) is 3.12. The number of nitrogens with zero attached hydrogens (tertiary/aromatic N) is 2. The minimum absolute atomic E-state index is 0.115. The quantitative estimate of drug-likeness (QED) is 0.704. The first kappa shape index (κ1) is 16.5. The Kier molecular flexibility index (Phi) is 4.53. The number of carbonyl (C=O) groups is 1. The number of benzene rings is 1. The fourth-order valence-corrected chi connectivity index (χ4v) is 3.26. The molecule has 0 unspecified atom stereocenters. The minimum Gasteiger partial charge on any atom is -0.322 e. The Morgan fingerprint density at radius 1 is 1.12 bits per heavy atom. The highest BCUT2D eigenvalue weighted by Crippen LogP contribution is 2.23. The van der Waals surface area contributed by atoms with E-state index in [1.165, 1.54) is 0 Å². The Bertz CT molecular complexity index is 900. The van der Waals surface area contributed by atoms with Crippen LogP contribution in [0, 0.1) is 20.8 Å². The third-order valence-electron chi connectivity index (χ3n) is 3.99. The van der Waals surface area contributed by atoms with Gasteiger partial charge < -0.3 is 9.88 Å². The first-order chi connectivity index (χ1) is 11.5. The topological polar surface area (TPSA) is 46.9 Å². The molecule has 1 N–H and O–H groups in total. The number of hydrogen-bond acceptors (Lipinski definition) is 2. The first-order valence-corrected chi connectivity index (χ1v) is 8.44. The first-order valence-electron chi connectivity index (χ1n) is 7.65. The molecule has 0 saturated carbocycles. The predicted octanol–water partition coefficient (Wildman–Crippen LogP) is 4.81. The highest BCUT2D eigenvalue weighted by molar-refractivity contribution is 9.10. The summed E-state index contributed by atoms with van der Waals surface area (Å²) >= 11 is 3.43. The molecule has 1 amide bonds. The number of rotatable bonds is 3. The maximum atomic E-state index is 12.7. The zero-order valence-electron chi connectivity index (χ0n) is 13.8. The van der Waals surface area contributed by atoms with Crippen LogP contribution < -0.4 is 5.32 Å². The Hall–Kier alpha value is -2.40. The number of halogens is 1. The molecule has 0 saturated heterocycles. The SMILES string of the molecule is Cc1cc(Br)ccc1NC(=O)c1cc(C)n(-c2ccccn2)c1C. The van der Waals surface area contributed by atoms with Gasteiger partial charge in [0.1, 0.15) is 5.82 Å². The maximum Gasteiger partial charge on any atom is 0.257 e.